The van der Waals surface area contributed by atoms with E-state index >= 15 is 0 Å². The zero-order chi connectivity index (χ0) is 20.3. The van der Waals surface area contributed by atoms with Crippen LogP contribution in [0.15, 0.2) is 47.4 Å². The summed E-state index contributed by atoms with van der Waals surface area (Å²) in [4.78, 5) is 13.0. The fourth-order valence-electron chi connectivity index (χ4n) is 3.64. The molecule has 0 radical (unpaired) electrons. The van der Waals surface area contributed by atoms with Crippen molar-refractivity contribution in [1.29, 1.82) is 0 Å². The van der Waals surface area contributed by atoms with E-state index < -0.39 is 10.0 Å². The Morgan fingerprint density at radius 2 is 1.79 bits per heavy atom. The predicted octanol–water partition coefficient (Wildman–Crippen LogP) is 4.18. The monoisotopic (exact) mass is 400 g/mol. The first kappa shape index (κ1) is 20.6. The summed E-state index contributed by atoms with van der Waals surface area (Å²) in [6, 6.07) is 12.4. The number of carbonyl (C=O) groups is 1. The number of hydrogen-bond acceptors (Lipinski definition) is 3. The number of benzene rings is 2. The molecule has 1 fully saturated rings. The van der Waals surface area contributed by atoms with Crippen LogP contribution < -0.4 is 5.32 Å². The highest BCUT2D eigenvalue weighted by molar-refractivity contribution is 7.89. The largest absolute Gasteiger partial charge is 0.326 e. The van der Waals surface area contributed by atoms with Crippen LogP contribution in [0.4, 0.5) is 5.69 Å². The molecule has 2 aromatic carbocycles. The maximum Gasteiger partial charge on any atom is 0.243 e. The van der Waals surface area contributed by atoms with Gasteiger partial charge in [0.1, 0.15) is 0 Å². The number of rotatable bonds is 5. The molecule has 150 valence electrons. The first-order valence-corrected chi connectivity index (χ1v) is 11.2. The highest BCUT2D eigenvalue weighted by Gasteiger charge is 2.34. The smallest absolute Gasteiger partial charge is 0.243 e. The average Bonchev–Trinajstić information content (AvgIpc) is 2.66. The van der Waals surface area contributed by atoms with Gasteiger partial charge in [0.25, 0.3) is 0 Å². The van der Waals surface area contributed by atoms with Gasteiger partial charge >= 0.3 is 0 Å². The molecule has 2 aromatic rings. The first-order valence-electron chi connectivity index (χ1n) is 9.73. The van der Waals surface area contributed by atoms with Crippen LogP contribution in [0.1, 0.15) is 42.4 Å². The Morgan fingerprint density at radius 1 is 1.07 bits per heavy atom. The summed E-state index contributed by atoms with van der Waals surface area (Å²) in [5, 5.41) is 2.96. The Hall–Kier alpha value is -2.18. The Morgan fingerprint density at radius 3 is 2.50 bits per heavy atom. The Kier molecular flexibility index (Phi) is 6.20. The Labute approximate surface area is 167 Å². The van der Waals surface area contributed by atoms with E-state index in [1.807, 2.05) is 39.0 Å². The molecule has 1 N–H and O–H groups in total. The van der Waals surface area contributed by atoms with E-state index in [1.54, 1.807) is 24.3 Å². The second-order valence-electron chi connectivity index (χ2n) is 7.58. The maximum atomic E-state index is 13.1. The van der Waals surface area contributed by atoms with E-state index in [4.69, 9.17) is 0 Å². The third kappa shape index (κ3) is 4.45. The second-order valence-corrected chi connectivity index (χ2v) is 9.47. The minimum Gasteiger partial charge on any atom is -0.326 e. The van der Waals surface area contributed by atoms with Gasteiger partial charge in [0.05, 0.1) is 4.90 Å². The van der Waals surface area contributed by atoms with Gasteiger partial charge in [0.2, 0.25) is 15.9 Å². The fraction of sp³-hybridized carbons (Fsp3) is 0.409. The summed E-state index contributed by atoms with van der Waals surface area (Å²) in [6.45, 7) is 6.36. The zero-order valence-corrected chi connectivity index (χ0v) is 17.6. The van der Waals surface area contributed by atoms with Crippen LogP contribution >= 0.6 is 0 Å². The molecule has 1 saturated heterocycles. The normalized spacial score (nSPS) is 18.0. The third-order valence-electron chi connectivity index (χ3n) is 5.50. The van der Waals surface area contributed by atoms with Crippen LogP contribution in [0.25, 0.3) is 0 Å². The van der Waals surface area contributed by atoms with Crippen molar-refractivity contribution in [3.05, 3.63) is 59.2 Å². The number of sulfonamides is 1. The Bertz CT molecular complexity index is 952. The van der Waals surface area contributed by atoms with Gasteiger partial charge in [-0.15, -0.1) is 0 Å². The third-order valence-corrected chi connectivity index (χ3v) is 7.47. The minimum absolute atomic E-state index is 0.148. The number of anilines is 1. The molecule has 1 atom stereocenters. The van der Waals surface area contributed by atoms with Gasteiger partial charge in [0, 0.05) is 24.7 Å². The van der Waals surface area contributed by atoms with Gasteiger partial charge in [-0.2, -0.15) is 4.31 Å². The van der Waals surface area contributed by atoms with Crippen molar-refractivity contribution in [3.8, 4) is 0 Å². The van der Waals surface area contributed by atoms with Gasteiger partial charge in [-0.3, -0.25) is 4.79 Å². The quantitative estimate of drug-likeness (QED) is 0.819. The van der Waals surface area contributed by atoms with Gasteiger partial charge in [-0.25, -0.2) is 8.42 Å². The second kappa shape index (κ2) is 8.45. The van der Waals surface area contributed by atoms with Crippen molar-refractivity contribution in [2.24, 2.45) is 0 Å². The molecule has 0 unspecified atom stereocenters. The summed E-state index contributed by atoms with van der Waals surface area (Å²) >= 11 is 0. The molecule has 28 heavy (non-hydrogen) atoms. The molecular formula is C22H28N2O3S. The van der Waals surface area contributed by atoms with Crippen LogP contribution in [0.3, 0.4) is 0 Å². The van der Waals surface area contributed by atoms with E-state index in [-0.39, 0.29) is 18.4 Å². The number of hydrogen-bond donors (Lipinski definition) is 1. The SMILES string of the molecule is Cc1ccc(S(=O)(=O)N2CCCC[C@@H]2CC(=O)Nc2cccc(C)c2C)cc1. The molecule has 1 heterocycles. The molecule has 5 nitrogen and oxygen atoms in total. The molecule has 0 bridgehead atoms. The van der Waals surface area contributed by atoms with Gasteiger partial charge in [-0.1, -0.05) is 36.2 Å². The van der Waals surface area contributed by atoms with Crippen LogP contribution in [0.2, 0.25) is 0 Å². The molecule has 6 heteroatoms. The van der Waals surface area contributed by atoms with Crippen molar-refractivity contribution in [2.75, 3.05) is 11.9 Å². The van der Waals surface area contributed by atoms with Gasteiger partial charge in [-0.05, 0) is 62.9 Å². The van der Waals surface area contributed by atoms with E-state index in [0.29, 0.717) is 17.9 Å². The number of aryl methyl sites for hydroxylation is 2. The Balaban J connectivity index is 1.77. The van der Waals surface area contributed by atoms with E-state index in [9.17, 15) is 13.2 Å². The summed E-state index contributed by atoms with van der Waals surface area (Å²) < 4.78 is 27.8. The van der Waals surface area contributed by atoms with E-state index in [1.165, 1.54) is 4.31 Å². The molecule has 1 aliphatic rings. The summed E-state index contributed by atoms with van der Waals surface area (Å²) in [7, 11) is -3.61. The topological polar surface area (TPSA) is 66.5 Å². The molecular weight excluding hydrogens is 372 g/mol. The molecule has 0 spiro atoms. The van der Waals surface area contributed by atoms with Crippen molar-refractivity contribution in [1.82, 2.24) is 4.31 Å². The molecule has 0 aromatic heterocycles. The van der Waals surface area contributed by atoms with Crippen LogP contribution in [0, 0.1) is 20.8 Å². The number of carbonyl (C=O) groups excluding carboxylic acids is 1. The van der Waals surface area contributed by atoms with Crippen molar-refractivity contribution in [3.63, 3.8) is 0 Å². The number of nitrogens with zero attached hydrogens (tertiary/aromatic N) is 1. The van der Waals surface area contributed by atoms with Crippen LogP contribution in [0.5, 0.6) is 0 Å². The number of nitrogens with one attached hydrogen (secondary N) is 1. The summed E-state index contributed by atoms with van der Waals surface area (Å²) in [6.07, 6.45) is 2.62. The maximum absolute atomic E-state index is 13.1. The van der Waals surface area contributed by atoms with Crippen molar-refractivity contribution >= 4 is 21.6 Å². The lowest BCUT2D eigenvalue weighted by atomic mass is 10.0. The minimum atomic E-state index is -3.61. The highest BCUT2D eigenvalue weighted by atomic mass is 32.2. The van der Waals surface area contributed by atoms with Gasteiger partial charge < -0.3 is 5.32 Å². The zero-order valence-electron chi connectivity index (χ0n) is 16.7. The highest BCUT2D eigenvalue weighted by Crippen LogP contribution is 2.28. The molecule has 1 amide bonds. The van der Waals surface area contributed by atoms with E-state index in [2.05, 4.69) is 5.32 Å². The molecule has 1 aliphatic heterocycles. The summed E-state index contributed by atoms with van der Waals surface area (Å²) in [5.74, 6) is -0.148. The lowest BCUT2D eigenvalue weighted by Gasteiger charge is -2.34. The predicted molar refractivity (Wildman–Crippen MR) is 112 cm³/mol. The number of amides is 1. The van der Waals surface area contributed by atoms with Crippen LogP contribution in [-0.2, 0) is 14.8 Å². The number of piperidine rings is 1. The van der Waals surface area contributed by atoms with Gasteiger partial charge in [0.15, 0.2) is 0 Å². The molecule has 0 saturated carbocycles. The van der Waals surface area contributed by atoms with Crippen molar-refractivity contribution in [2.45, 2.75) is 57.4 Å². The van der Waals surface area contributed by atoms with Crippen LogP contribution in [-0.4, -0.2) is 31.2 Å². The molecule has 0 aliphatic carbocycles. The van der Waals surface area contributed by atoms with Crippen molar-refractivity contribution < 1.29 is 13.2 Å². The standard InChI is InChI=1S/C22H28N2O3S/c1-16-10-12-20(13-11-16)28(26,27)24-14-5-4-8-19(24)15-22(25)23-21-9-6-7-17(2)18(21)3/h6-7,9-13,19H,4-5,8,14-15H2,1-3H3,(H,23,25)/t19-/m1/s1. The van der Waals surface area contributed by atoms with E-state index in [0.717, 1.165) is 35.2 Å². The fourth-order valence-corrected chi connectivity index (χ4v) is 5.33. The lowest BCUT2D eigenvalue weighted by Crippen LogP contribution is -2.45. The lowest BCUT2D eigenvalue weighted by molar-refractivity contribution is -0.117. The molecule has 3 rings (SSSR count). The average molecular weight is 401 g/mol. The first-order chi connectivity index (χ1) is 13.3. The summed E-state index contributed by atoms with van der Waals surface area (Å²) in [5.41, 5.74) is 3.94.